The highest BCUT2D eigenvalue weighted by Gasteiger charge is 2.30. The number of ether oxygens (including phenoxy) is 1. The monoisotopic (exact) mass is 295 g/mol. The van der Waals surface area contributed by atoms with Crippen molar-refractivity contribution >= 4 is 6.09 Å². The first kappa shape index (κ1) is 15.8. The van der Waals surface area contributed by atoms with Crippen molar-refractivity contribution in [2.24, 2.45) is 5.73 Å². The number of nitrogens with zero attached hydrogens (tertiary/aromatic N) is 2. The highest BCUT2D eigenvalue weighted by Crippen LogP contribution is 2.31. The maximum Gasteiger partial charge on any atom is 0.410 e. The van der Waals surface area contributed by atoms with Gasteiger partial charge >= 0.3 is 6.09 Å². The van der Waals surface area contributed by atoms with Gasteiger partial charge in [-0.3, -0.25) is 0 Å². The van der Waals surface area contributed by atoms with Crippen LogP contribution in [0.15, 0.2) is 10.7 Å². The summed E-state index contributed by atoms with van der Waals surface area (Å²) in [6.45, 7) is 7.59. The van der Waals surface area contributed by atoms with Gasteiger partial charge in [0.05, 0.1) is 6.20 Å². The number of aromatic nitrogens is 1. The number of likely N-dealkylation sites (tertiary alicyclic amines) is 1. The van der Waals surface area contributed by atoms with Crippen LogP contribution in [-0.2, 0) is 11.2 Å². The summed E-state index contributed by atoms with van der Waals surface area (Å²) in [6.07, 6.45) is 4.03. The van der Waals surface area contributed by atoms with Crippen LogP contribution in [0.4, 0.5) is 4.79 Å². The Kier molecular flexibility index (Phi) is 4.88. The van der Waals surface area contributed by atoms with Gasteiger partial charge in [0, 0.05) is 24.6 Å². The molecule has 1 aromatic heterocycles. The standard InChI is InChI=1S/C15H25N3O3/c1-15(2,3)20-14(19)18-8-5-11(6-9-18)13-12(4-7-16)10-17-21-13/h10-11H,4-9,16H2,1-3H3. The Labute approximate surface area is 125 Å². The molecule has 0 spiro atoms. The quantitative estimate of drug-likeness (QED) is 0.925. The molecule has 2 N–H and O–H groups in total. The first-order chi connectivity index (χ1) is 9.90. The number of nitrogens with two attached hydrogens (primary N) is 1. The number of piperidine rings is 1. The lowest BCUT2D eigenvalue weighted by molar-refractivity contribution is 0.0199. The maximum absolute atomic E-state index is 12.0. The van der Waals surface area contributed by atoms with Crippen LogP contribution < -0.4 is 5.73 Å². The average molecular weight is 295 g/mol. The highest BCUT2D eigenvalue weighted by molar-refractivity contribution is 5.68. The van der Waals surface area contributed by atoms with E-state index in [1.807, 2.05) is 20.8 Å². The summed E-state index contributed by atoms with van der Waals surface area (Å²) < 4.78 is 10.8. The zero-order chi connectivity index (χ0) is 15.5. The number of hydrogen-bond acceptors (Lipinski definition) is 5. The first-order valence-corrected chi connectivity index (χ1v) is 7.52. The van der Waals surface area contributed by atoms with Gasteiger partial charge in [-0.05, 0) is 46.6 Å². The summed E-state index contributed by atoms with van der Waals surface area (Å²) in [6, 6.07) is 0. The van der Waals surface area contributed by atoms with Crippen molar-refractivity contribution < 1.29 is 14.1 Å². The molecule has 0 unspecified atom stereocenters. The molecule has 0 saturated carbocycles. The molecule has 6 nitrogen and oxygen atoms in total. The largest absolute Gasteiger partial charge is 0.444 e. The smallest absolute Gasteiger partial charge is 0.410 e. The number of hydrogen-bond donors (Lipinski definition) is 1. The van der Waals surface area contributed by atoms with Crippen molar-refractivity contribution in [3.63, 3.8) is 0 Å². The molecule has 0 radical (unpaired) electrons. The predicted octanol–water partition coefficient (Wildman–Crippen LogP) is 2.29. The predicted molar refractivity (Wildman–Crippen MR) is 79.0 cm³/mol. The highest BCUT2D eigenvalue weighted by atomic mass is 16.6. The second kappa shape index (κ2) is 6.47. The van der Waals surface area contributed by atoms with Crippen LogP contribution in [0.5, 0.6) is 0 Å². The molecule has 6 heteroatoms. The van der Waals surface area contributed by atoms with Crippen LogP contribution in [0.1, 0.15) is 50.9 Å². The van der Waals surface area contributed by atoms with Crippen LogP contribution >= 0.6 is 0 Å². The van der Waals surface area contributed by atoms with Gasteiger partial charge in [0.2, 0.25) is 0 Å². The molecule has 21 heavy (non-hydrogen) atoms. The third-order valence-electron chi connectivity index (χ3n) is 3.61. The van der Waals surface area contributed by atoms with Gasteiger partial charge < -0.3 is 19.9 Å². The lowest BCUT2D eigenvalue weighted by atomic mass is 9.91. The van der Waals surface area contributed by atoms with Crippen molar-refractivity contribution in [2.75, 3.05) is 19.6 Å². The van der Waals surface area contributed by atoms with Crippen LogP contribution in [0, 0.1) is 0 Å². The normalized spacial score (nSPS) is 17.0. The minimum atomic E-state index is -0.451. The summed E-state index contributed by atoms with van der Waals surface area (Å²) >= 11 is 0. The van der Waals surface area contributed by atoms with Gasteiger partial charge in [-0.1, -0.05) is 5.16 Å². The lowest BCUT2D eigenvalue weighted by Crippen LogP contribution is -2.41. The molecular formula is C15H25N3O3. The van der Waals surface area contributed by atoms with Crippen LogP contribution in [0.2, 0.25) is 0 Å². The molecule has 1 amide bonds. The number of amides is 1. The van der Waals surface area contributed by atoms with E-state index in [2.05, 4.69) is 5.16 Å². The SMILES string of the molecule is CC(C)(C)OC(=O)N1CCC(c2oncc2CCN)CC1. The number of carbonyl (C=O) groups excluding carboxylic acids is 1. The molecule has 2 rings (SSSR count). The van der Waals surface area contributed by atoms with E-state index in [1.165, 1.54) is 0 Å². The van der Waals surface area contributed by atoms with Crippen LogP contribution in [0.25, 0.3) is 0 Å². The molecule has 0 bridgehead atoms. The second-order valence-corrected chi connectivity index (χ2v) is 6.50. The number of rotatable bonds is 3. The Bertz CT molecular complexity index is 471. The van der Waals surface area contributed by atoms with E-state index >= 15 is 0 Å². The summed E-state index contributed by atoms with van der Waals surface area (Å²) in [5.41, 5.74) is 6.24. The summed E-state index contributed by atoms with van der Waals surface area (Å²) in [7, 11) is 0. The fourth-order valence-corrected chi connectivity index (χ4v) is 2.60. The molecular weight excluding hydrogens is 270 g/mol. The molecule has 0 atom stereocenters. The maximum atomic E-state index is 12.0. The molecule has 118 valence electrons. The van der Waals surface area contributed by atoms with E-state index in [9.17, 15) is 4.79 Å². The van der Waals surface area contributed by atoms with E-state index in [-0.39, 0.29) is 6.09 Å². The molecule has 0 aromatic carbocycles. The van der Waals surface area contributed by atoms with Crippen LogP contribution in [0.3, 0.4) is 0 Å². The van der Waals surface area contributed by atoms with Gasteiger partial charge in [-0.2, -0.15) is 0 Å². The first-order valence-electron chi connectivity index (χ1n) is 7.52. The molecule has 1 fully saturated rings. The molecule has 2 heterocycles. The van der Waals surface area contributed by atoms with E-state index in [1.54, 1.807) is 11.1 Å². The Morgan fingerprint density at radius 3 is 2.71 bits per heavy atom. The van der Waals surface area contributed by atoms with Crippen molar-refractivity contribution in [3.8, 4) is 0 Å². The topological polar surface area (TPSA) is 81.6 Å². The van der Waals surface area contributed by atoms with Crippen LogP contribution in [-0.4, -0.2) is 41.4 Å². The van der Waals surface area contributed by atoms with E-state index < -0.39 is 5.60 Å². The third kappa shape index (κ3) is 4.20. The summed E-state index contributed by atoms with van der Waals surface area (Å²) in [5.74, 6) is 1.25. The summed E-state index contributed by atoms with van der Waals surface area (Å²) in [4.78, 5) is 13.8. The van der Waals surface area contributed by atoms with Gasteiger partial charge in [0.1, 0.15) is 11.4 Å². The molecule has 1 aliphatic rings. The van der Waals surface area contributed by atoms with E-state index in [0.29, 0.717) is 25.6 Å². The lowest BCUT2D eigenvalue weighted by Gasteiger charge is -2.32. The van der Waals surface area contributed by atoms with Gasteiger partial charge in [0.15, 0.2) is 0 Å². The van der Waals surface area contributed by atoms with Gasteiger partial charge in [-0.15, -0.1) is 0 Å². The zero-order valence-electron chi connectivity index (χ0n) is 13.1. The van der Waals surface area contributed by atoms with Gasteiger partial charge in [0.25, 0.3) is 0 Å². The van der Waals surface area contributed by atoms with Crippen molar-refractivity contribution in [1.29, 1.82) is 0 Å². The molecule has 1 aliphatic heterocycles. The molecule has 1 saturated heterocycles. The van der Waals surface area contributed by atoms with E-state index in [4.69, 9.17) is 15.0 Å². The number of carbonyl (C=O) groups is 1. The zero-order valence-corrected chi connectivity index (χ0v) is 13.1. The minimum Gasteiger partial charge on any atom is -0.444 e. The fourth-order valence-electron chi connectivity index (χ4n) is 2.60. The fraction of sp³-hybridized carbons (Fsp3) is 0.733. The van der Waals surface area contributed by atoms with Crippen molar-refractivity contribution in [2.45, 2.75) is 51.6 Å². The van der Waals surface area contributed by atoms with Crippen molar-refractivity contribution in [3.05, 3.63) is 17.5 Å². The minimum absolute atomic E-state index is 0.235. The summed E-state index contributed by atoms with van der Waals surface area (Å²) in [5, 5.41) is 3.88. The molecule has 0 aliphatic carbocycles. The second-order valence-electron chi connectivity index (χ2n) is 6.50. The van der Waals surface area contributed by atoms with Gasteiger partial charge in [-0.25, -0.2) is 4.79 Å². The van der Waals surface area contributed by atoms with E-state index in [0.717, 1.165) is 30.6 Å². The Morgan fingerprint density at radius 2 is 2.14 bits per heavy atom. The van der Waals surface area contributed by atoms with Crippen molar-refractivity contribution in [1.82, 2.24) is 10.1 Å². The Morgan fingerprint density at radius 1 is 1.48 bits per heavy atom. The molecule has 1 aromatic rings. The average Bonchev–Trinajstić information content (AvgIpc) is 2.86. The Balaban J connectivity index is 1.91. The third-order valence-corrected chi connectivity index (χ3v) is 3.61. The Hall–Kier alpha value is -1.56.